The lowest BCUT2D eigenvalue weighted by molar-refractivity contribution is 0.101. The van der Waals surface area contributed by atoms with Gasteiger partial charge in [-0.1, -0.05) is 12.0 Å². The van der Waals surface area contributed by atoms with Crippen molar-refractivity contribution in [1.29, 1.82) is 0 Å². The van der Waals surface area contributed by atoms with E-state index >= 15 is 0 Å². The molecular formula is C22H16N6O3. The Morgan fingerprint density at radius 3 is 2.77 bits per heavy atom. The van der Waals surface area contributed by atoms with Gasteiger partial charge in [-0.3, -0.25) is 14.0 Å². The van der Waals surface area contributed by atoms with E-state index in [0.29, 0.717) is 33.8 Å². The Hall–Kier alpha value is -4.58. The van der Waals surface area contributed by atoms with E-state index < -0.39 is 0 Å². The fourth-order valence-corrected chi connectivity index (χ4v) is 2.81. The van der Waals surface area contributed by atoms with Crippen molar-refractivity contribution in [2.24, 2.45) is 0 Å². The molecule has 3 aromatic heterocycles. The Morgan fingerprint density at radius 1 is 1.10 bits per heavy atom. The van der Waals surface area contributed by atoms with Gasteiger partial charge in [0.25, 0.3) is 5.91 Å². The Morgan fingerprint density at radius 2 is 1.97 bits per heavy atom. The molecule has 0 radical (unpaired) electrons. The third-order valence-corrected chi connectivity index (χ3v) is 4.37. The van der Waals surface area contributed by atoms with Crippen LogP contribution in [0.1, 0.15) is 39.0 Å². The number of rotatable bonds is 4. The maximum absolute atomic E-state index is 12.6. The fourth-order valence-electron chi connectivity index (χ4n) is 2.81. The summed E-state index contributed by atoms with van der Waals surface area (Å²) in [5.41, 5.74) is 2.50. The summed E-state index contributed by atoms with van der Waals surface area (Å²) < 4.78 is 6.77. The molecule has 1 amide bonds. The normalized spacial score (nSPS) is 10.3. The predicted octanol–water partition coefficient (Wildman–Crippen LogP) is 2.38. The maximum atomic E-state index is 12.6. The van der Waals surface area contributed by atoms with Crippen LogP contribution in [0.25, 0.3) is 5.65 Å². The number of nitrogens with zero attached hydrogens (tertiary/aromatic N) is 5. The summed E-state index contributed by atoms with van der Waals surface area (Å²) in [6.45, 7) is 1.49. The van der Waals surface area contributed by atoms with Crippen molar-refractivity contribution in [3.63, 3.8) is 0 Å². The van der Waals surface area contributed by atoms with Crippen LogP contribution in [-0.2, 0) is 0 Å². The Kier molecular flexibility index (Phi) is 5.36. The molecule has 0 bridgehead atoms. The molecule has 0 aliphatic rings. The van der Waals surface area contributed by atoms with Crippen LogP contribution in [0.15, 0.2) is 55.1 Å². The van der Waals surface area contributed by atoms with Gasteiger partial charge < -0.3 is 10.1 Å². The van der Waals surface area contributed by atoms with Crippen LogP contribution in [0.2, 0.25) is 0 Å². The largest absolute Gasteiger partial charge is 0.479 e. The number of aromatic nitrogens is 5. The van der Waals surface area contributed by atoms with Crippen LogP contribution >= 0.6 is 0 Å². The van der Waals surface area contributed by atoms with Crippen LogP contribution in [0.5, 0.6) is 5.88 Å². The standard InChI is InChI=1S/C22H16N6O3/c1-14(29)17-7-9-20-27-26-19(28(20)12-17)8-6-15-4-3-5-16(10-15)21(30)25-18-11-23-13-24-22(18)31-2/h3-5,7,9-13H,1-2H3,(H,25,30). The first-order chi connectivity index (χ1) is 15.0. The maximum Gasteiger partial charge on any atom is 0.255 e. The number of pyridine rings is 1. The van der Waals surface area contributed by atoms with Gasteiger partial charge in [0, 0.05) is 22.9 Å². The monoisotopic (exact) mass is 412 g/mol. The molecule has 0 aliphatic heterocycles. The number of fused-ring (bicyclic) bond motifs is 1. The minimum atomic E-state index is -0.351. The molecule has 1 aromatic carbocycles. The second-order valence-corrected chi connectivity index (χ2v) is 6.46. The number of ether oxygens (including phenoxy) is 1. The first-order valence-electron chi connectivity index (χ1n) is 9.18. The first kappa shape index (κ1) is 19.7. The number of ketones is 1. The van der Waals surface area contributed by atoms with E-state index in [9.17, 15) is 9.59 Å². The number of nitrogens with one attached hydrogen (secondary N) is 1. The number of carbonyl (C=O) groups excluding carboxylic acids is 2. The van der Waals surface area contributed by atoms with Crippen LogP contribution in [-0.4, -0.2) is 43.4 Å². The van der Waals surface area contributed by atoms with Crippen LogP contribution in [0.3, 0.4) is 0 Å². The van der Waals surface area contributed by atoms with Gasteiger partial charge in [-0.25, -0.2) is 4.98 Å². The topological polar surface area (TPSA) is 111 Å². The molecular weight excluding hydrogens is 396 g/mol. The lowest BCUT2D eigenvalue weighted by Gasteiger charge is -2.08. The lowest BCUT2D eigenvalue weighted by Crippen LogP contribution is -2.13. The molecule has 0 atom stereocenters. The average molecular weight is 412 g/mol. The molecule has 9 heteroatoms. The average Bonchev–Trinajstić information content (AvgIpc) is 3.20. The molecule has 3 heterocycles. The summed E-state index contributed by atoms with van der Waals surface area (Å²) >= 11 is 0. The number of hydrogen-bond donors (Lipinski definition) is 1. The number of anilines is 1. The second-order valence-electron chi connectivity index (χ2n) is 6.46. The number of methoxy groups -OCH3 is 1. The summed E-state index contributed by atoms with van der Waals surface area (Å²) in [5.74, 6) is 6.16. The number of carbonyl (C=O) groups is 2. The van der Waals surface area contributed by atoms with E-state index in [0.717, 1.165) is 0 Å². The van der Waals surface area contributed by atoms with E-state index in [1.807, 2.05) is 0 Å². The van der Waals surface area contributed by atoms with Crippen molar-refractivity contribution in [1.82, 2.24) is 24.6 Å². The van der Waals surface area contributed by atoms with Gasteiger partial charge in [0.1, 0.15) is 12.0 Å². The molecule has 9 nitrogen and oxygen atoms in total. The Labute approximate surface area is 177 Å². The van der Waals surface area contributed by atoms with Gasteiger partial charge in [-0.05, 0) is 43.2 Å². The van der Waals surface area contributed by atoms with Crippen molar-refractivity contribution < 1.29 is 14.3 Å². The van der Waals surface area contributed by atoms with Gasteiger partial charge >= 0.3 is 0 Å². The molecule has 0 saturated carbocycles. The van der Waals surface area contributed by atoms with Crippen molar-refractivity contribution in [2.75, 3.05) is 12.4 Å². The zero-order valence-corrected chi connectivity index (χ0v) is 16.7. The molecule has 0 aliphatic carbocycles. The van der Waals surface area contributed by atoms with Crippen molar-refractivity contribution in [3.8, 4) is 17.7 Å². The number of benzene rings is 1. The summed E-state index contributed by atoms with van der Waals surface area (Å²) in [4.78, 5) is 32.1. The third-order valence-electron chi connectivity index (χ3n) is 4.37. The van der Waals surface area contributed by atoms with Gasteiger partial charge in [0.2, 0.25) is 11.7 Å². The molecule has 152 valence electrons. The Balaban J connectivity index is 1.59. The minimum Gasteiger partial charge on any atom is -0.479 e. The smallest absolute Gasteiger partial charge is 0.255 e. The highest BCUT2D eigenvalue weighted by molar-refractivity contribution is 6.05. The molecule has 1 N–H and O–H groups in total. The van der Waals surface area contributed by atoms with E-state index in [4.69, 9.17) is 4.74 Å². The van der Waals surface area contributed by atoms with Gasteiger partial charge in [-0.15, -0.1) is 10.2 Å². The van der Waals surface area contributed by atoms with Crippen molar-refractivity contribution in [3.05, 3.63) is 77.6 Å². The van der Waals surface area contributed by atoms with Crippen LogP contribution in [0, 0.1) is 11.8 Å². The first-order valence-corrected chi connectivity index (χ1v) is 9.18. The molecule has 0 saturated heterocycles. The molecule has 0 fully saturated rings. The van der Waals surface area contributed by atoms with Crippen LogP contribution < -0.4 is 10.1 Å². The molecule has 0 spiro atoms. The van der Waals surface area contributed by atoms with E-state index in [-0.39, 0.29) is 17.6 Å². The second kappa shape index (κ2) is 8.42. The summed E-state index contributed by atoms with van der Waals surface area (Å²) in [7, 11) is 1.46. The van der Waals surface area contributed by atoms with Crippen molar-refractivity contribution in [2.45, 2.75) is 6.92 Å². The number of amides is 1. The zero-order chi connectivity index (χ0) is 21.8. The van der Waals surface area contributed by atoms with E-state index in [1.54, 1.807) is 47.0 Å². The molecule has 31 heavy (non-hydrogen) atoms. The van der Waals surface area contributed by atoms with Crippen LogP contribution in [0.4, 0.5) is 5.69 Å². The summed E-state index contributed by atoms with van der Waals surface area (Å²) in [6.07, 6.45) is 4.44. The molecule has 4 rings (SSSR count). The van der Waals surface area contributed by atoms with E-state index in [2.05, 4.69) is 37.3 Å². The van der Waals surface area contributed by atoms with Crippen molar-refractivity contribution >= 4 is 23.0 Å². The summed E-state index contributed by atoms with van der Waals surface area (Å²) in [5, 5.41) is 10.8. The SMILES string of the molecule is COc1ncncc1NC(=O)c1cccc(C#Cc2nnc3ccc(C(C)=O)cn23)c1. The number of Topliss-reactive ketones (excluding diaryl/α,β-unsaturated/α-hetero) is 1. The fraction of sp³-hybridized carbons (Fsp3) is 0.0909. The number of hydrogen-bond acceptors (Lipinski definition) is 7. The summed E-state index contributed by atoms with van der Waals surface area (Å²) in [6, 6.07) is 10.2. The highest BCUT2D eigenvalue weighted by Crippen LogP contribution is 2.19. The lowest BCUT2D eigenvalue weighted by atomic mass is 10.1. The van der Waals surface area contributed by atoms with E-state index in [1.165, 1.54) is 26.6 Å². The zero-order valence-electron chi connectivity index (χ0n) is 16.7. The Bertz CT molecular complexity index is 1370. The highest BCUT2D eigenvalue weighted by Gasteiger charge is 2.11. The third kappa shape index (κ3) is 4.23. The minimum absolute atomic E-state index is 0.0614. The van der Waals surface area contributed by atoms with Gasteiger partial charge in [0.15, 0.2) is 11.4 Å². The highest BCUT2D eigenvalue weighted by atomic mass is 16.5. The molecule has 4 aromatic rings. The van der Waals surface area contributed by atoms with Gasteiger partial charge in [0.05, 0.1) is 13.3 Å². The molecule has 0 unspecified atom stereocenters. The van der Waals surface area contributed by atoms with Gasteiger partial charge in [-0.2, -0.15) is 4.98 Å². The quantitative estimate of drug-likeness (QED) is 0.405. The predicted molar refractivity (Wildman–Crippen MR) is 112 cm³/mol.